The predicted octanol–water partition coefficient (Wildman–Crippen LogP) is 0.995. The molecule has 0 aromatic heterocycles. The second-order valence-electron chi connectivity index (χ2n) is 5.26. The highest BCUT2D eigenvalue weighted by Gasteiger charge is 2.16. The van der Waals surface area contributed by atoms with Gasteiger partial charge in [0.1, 0.15) is 0 Å². The van der Waals surface area contributed by atoms with Gasteiger partial charge in [0.15, 0.2) is 0 Å². The van der Waals surface area contributed by atoms with E-state index >= 15 is 0 Å². The summed E-state index contributed by atoms with van der Waals surface area (Å²) in [5.41, 5.74) is 1.53. The molecule has 0 heterocycles. The van der Waals surface area contributed by atoms with E-state index in [2.05, 4.69) is 4.18 Å². The molecule has 1 N–H and O–H groups in total. The van der Waals surface area contributed by atoms with E-state index in [1.165, 1.54) is 0 Å². The Balaban J connectivity index is 2.75. The molecule has 0 amide bonds. The lowest BCUT2D eigenvalue weighted by Gasteiger charge is -2.17. The molecule has 0 saturated heterocycles. The lowest BCUT2D eigenvalue weighted by atomic mass is 9.94. The minimum Gasteiger partial charge on any atom is -0.392 e. The first-order valence-corrected chi connectivity index (χ1v) is 10.6. The molecule has 0 spiro atoms. The largest absolute Gasteiger partial charge is 0.392 e. The Kier molecular flexibility index (Phi) is 7.62. The fourth-order valence-electron chi connectivity index (χ4n) is 2.04. The molecule has 1 rings (SSSR count). The summed E-state index contributed by atoms with van der Waals surface area (Å²) in [5.74, 6) is -0.251. The quantitative estimate of drug-likeness (QED) is 0.486. The predicted molar refractivity (Wildman–Crippen MR) is 85.9 cm³/mol. The van der Waals surface area contributed by atoms with Gasteiger partial charge in [0, 0.05) is 5.92 Å². The summed E-state index contributed by atoms with van der Waals surface area (Å²) in [4.78, 5) is 0. The van der Waals surface area contributed by atoms with Gasteiger partial charge < -0.3 is 5.11 Å². The Morgan fingerprint density at radius 3 is 2.30 bits per heavy atom. The number of benzene rings is 1. The molecule has 0 fully saturated rings. The number of aliphatic hydroxyl groups excluding tert-OH is 1. The van der Waals surface area contributed by atoms with Gasteiger partial charge in [0.2, 0.25) is 0 Å². The summed E-state index contributed by atoms with van der Waals surface area (Å²) in [6, 6.07) is 7.10. The van der Waals surface area contributed by atoms with E-state index in [0.29, 0.717) is 18.4 Å². The van der Waals surface area contributed by atoms with Gasteiger partial charge in [0.25, 0.3) is 20.2 Å². The van der Waals surface area contributed by atoms with E-state index in [1.54, 1.807) is 18.2 Å². The maximum Gasteiger partial charge on any atom is 0.264 e. The van der Waals surface area contributed by atoms with Crippen molar-refractivity contribution in [3.63, 3.8) is 0 Å². The van der Waals surface area contributed by atoms with Gasteiger partial charge in [-0.2, -0.15) is 16.8 Å². The van der Waals surface area contributed by atoms with Crippen molar-refractivity contribution in [2.45, 2.75) is 25.4 Å². The second kappa shape index (κ2) is 8.74. The summed E-state index contributed by atoms with van der Waals surface area (Å²) >= 11 is 0. The summed E-state index contributed by atoms with van der Waals surface area (Å²) < 4.78 is 53.8. The molecule has 9 heteroatoms. The molecule has 0 radical (unpaired) electrons. The Morgan fingerprint density at radius 2 is 1.74 bits per heavy atom. The van der Waals surface area contributed by atoms with Crippen LogP contribution in [0.15, 0.2) is 24.3 Å². The SMILES string of the molecule is CS(=O)(=O)OCCCC(COS(C)(=O)=O)c1cccc(CO)c1. The first-order chi connectivity index (χ1) is 10.6. The molecule has 1 atom stereocenters. The third kappa shape index (κ3) is 9.01. The fourth-order valence-corrected chi connectivity index (χ4v) is 2.87. The van der Waals surface area contributed by atoms with Gasteiger partial charge in [-0.25, -0.2) is 0 Å². The number of hydrogen-bond donors (Lipinski definition) is 1. The molecule has 1 aromatic carbocycles. The molecule has 23 heavy (non-hydrogen) atoms. The topological polar surface area (TPSA) is 107 Å². The van der Waals surface area contributed by atoms with Crippen molar-refractivity contribution in [1.29, 1.82) is 0 Å². The third-order valence-corrected chi connectivity index (χ3v) is 4.24. The van der Waals surface area contributed by atoms with Crippen LogP contribution in [0.3, 0.4) is 0 Å². The molecule has 0 aliphatic heterocycles. The van der Waals surface area contributed by atoms with Crippen LogP contribution in [0.5, 0.6) is 0 Å². The third-order valence-electron chi connectivity index (χ3n) is 3.08. The van der Waals surface area contributed by atoms with E-state index in [4.69, 9.17) is 4.18 Å². The van der Waals surface area contributed by atoms with Crippen molar-refractivity contribution in [3.8, 4) is 0 Å². The van der Waals surface area contributed by atoms with Crippen molar-refractivity contribution < 1.29 is 30.3 Å². The van der Waals surface area contributed by atoms with Gasteiger partial charge in [-0.1, -0.05) is 24.3 Å². The van der Waals surface area contributed by atoms with Crippen LogP contribution in [0.1, 0.15) is 29.9 Å². The molecule has 0 saturated carbocycles. The van der Waals surface area contributed by atoms with Crippen LogP contribution in [-0.4, -0.2) is 47.7 Å². The average Bonchev–Trinajstić information content (AvgIpc) is 2.44. The first-order valence-electron chi connectivity index (χ1n) is 6.99. The van der Waals surface area contributed by atoms with Crippen LogP contribution in [0, 0.1) is 0 Å². The summed E-state index contributed by atoms with van der Waals surface area (Å²) in [6.07, 6.45) is 2.86. The monoisotopic (exact) mass is 366 g/mol. The number of aliphatic hydroxyl groups is 1. The zero-order chi connectivity index (χ0) is 17.5. The maximum atomic E-state index is 11.2. The van der Waals surface area contributed by atoms with Crippen molar-refractivity contribution in [1.82, 2.24) is 0 Å². The van der Waals surface area contributed by atoms with E-state index < -0.39 is 20.2 Å². The first kappa shape index (κ1) is 20.0. The molecule has 132 valence electrons. The van der Waals surface area contributed by atoms with Crippen LogP contribution in [0.4, 0.5) is 0 Å². The Bertz CT molecular complexity index is 696. The minimum absolute atomic E-state index is 0.0217. The molecule has 1 unspecified atom stereocenters. The lowest BCUT2D eigenvalue weighted by Crippen LogP contribution is -2.14. The standard InChI is InChI=1S/C14H22O7S2/c1-22(16,17)20-8-4-7-14(11-21-23(2,18)19)13-6-3-5-12(9-13)10-15/h3,5-6,9,14-15H,4,7-8,10-11H2,1-2H3. The second-order valence-corrected chi connectivity index (χ2v) is 8.54. The van der Waals surface area contributed by atoms with Crippen molar-refractivity contribution in [2.24, 2.45) is 0 Å². The summed E-state index contributed by atoms with van der Waals surface area (Å²) in [6.45, 7) is -0.148. The van der Waals surface area contributed by atoms with Crippen molar-refractivity contribution in [3.05, 3.63) is 35.4 Å². The van der Waals surface area contributed by atoms with Gasteiger partial charge >= 0.3 is 0 Å². The highest BCUT2D eigenvalue weighted by Crippen LogP contribution is 2.23. The zero-order valence-electron chi connectivity index (χ0n) is 13.1. The van der Waals surface area contributed by atoms with Gasteiger partial charge in [-0.15, -0.1) is 0 Å². The zero-order valence-corrected chi connectivity index (χ0v) is 14.8. The Morgan fingerprint density at radius 1 is 1.09 bits per heavy atom. The van der Waals surface area contributed by atoms with E-state index in [1.807, 2.05) is 6.07 Å². The molecule has 0 bridgehead atoms. The summed E-state index contributed by atoms with van der Waals surface area (Å²) in [5, 5.41) is 9.19. The molecule has 1 aromatic rings. The normalized spacial score (nSPS) is 13.9. The highest BCUT2D eigenvalue weighted by molar-refractivity contribution is 7.86. The van der Waals surface area contributed by atoms with E-state index in [-0.39, 0.29) is 25.7 Å². The number of hydrogen-bond acceptors (Lipinski definition) is 7. The van der Waals surface area contributed by atoms with Crippen LogP contribution in [-0.2, 0) is 35.2 Å². The smallest absolute Gasteiger partial charge is 0.264 e. The van der Waals surface area contributed by atoms with Crippen molar-refractivity contribution >= 4 is 20.2 Å². The van der Waals surface area contributed by atoms with Gasteiger partial charge in [0.05, 0.1) is 32.3 Å². The fraction of sp³-hybridized carbons (Fsp3) is 0.571. The number of rotatable bonds is 10. The molecule has 0 aliphatic rings. The molecular formula is C14H22O7S2. The minimum atomic E-state index is -3.57. The van der Waals surface area contributed by atoms with Crippen molar-refractivity contribution in [2.75, 3.05) is 25.7 Å². The van der Waals surface area contributed by atoms with E-state index in [0.717, 1.165) is 18.1 Å². The van der Waals surface area contributed by atoms with Gasteiger partial charge in [-0.3, -0.25) is 8.37 Å². The van der Waals surface area contributed by atoms with Crippen LogP contribution < -0.4 is 0 Å². The highest BCUT2D eigenvalue weighted by atomic mass is 32.2. The van der Waals surface area contributed by atoms with Crippen LogP contribution in [0.25, 0.3) is 0 Å². The lowest BCUT2D eigenvalue weighted by molar-refractivity contribution is 0.265. The van der Waals surface area contributed by atoms with Crippen LogP contribution in [0.2, 0.25) is 0 Å². The molecular weight excluding hydrogens is 344 g/mol. The van der Waals surface area contributed by atoms with E-state index in [9.17, 15) is 21.9 Å². The Hall–Kier alpha value is -1.00. The summed E-state index contributed by atoms with van der Waals surface area (Å²) in [7, 11) is -7.07. The average molecular weight is 366 g/mol. The molecule has 0 aliphatic carbocycles. The molecule has 7 nitrogen and oxygen atoms in total. The van der Waals surface area contributed by atoms with Gasteiger partial charge in [-0.05, 0) is 24.0 Å². The Labute approximate surface area is 137 Å². The maximum absolute atomic E-state index is 11.2. The van der Waals surface area contributed by atoms with Crippen LogP contribution >= 0.6 is 0 Å².